The van der Waals surface area contributed by atoms with Crippen LogP contribution in [0.1, 0.15) is 63.7 Å². The lowest BCUT2D eigenvalue weighted by molar-refractivity contribution is 0.177. The minimum atomic E-state index is -0.447. The number of carbonyl (C=O) groups is 1. The molecule has 0 radical (unpaired) electrons. The van der Waals surface area contributed by atoms with E-state index in [1.165, 1.54) is 11.0 Å². The molecule has 1 saturated heterocycles. The van der Waals surface area contributed by atoms with Crippen LogP contribution in [-0.4, -0.2) is 38.7 Å². The fourth-order valence-corrected chi connectivity index (χ4v) is 3.89. The molecule has 1 N–H and O–H groups in total. The second-order valence-electron chi connectivity index (χ2n) is 9.53. The Balaban J connectivity index is 1.58. The molecule has 9 heteroatoms. The topological polar surface area (TPSA) is 93.1 Å². The van der Waals surface area contributed by atoms with Gasteiger partial charge in [0.05, 0.1) is 17.8 Å². The Morgan fingerprint density at radius 3 is 2.43 bits per heavy atom. The van der Waals surface area contributed by atoms with E-state index in [1.54, 1.807) is 25.3 Å². The molecule has 3 aromatic rings. The smallest absolute Gasteiger partial charge is 0.417 e. The van der Waals surface area contributed by atoms with Crippen LogP contribution >= 0.6 is 0 Å². The number of nitrogens with zero attached hydrogens (tertiary/aromatic N) is 5. The second kappa shape index (κ2) is 9.93. The van der Waals surface area contributed by atoms with Gasteiger partial charge in [0.2, 0.25) is 11.9 Å². The standard InChI is InChI=1S/C26H31FN6O2/c1-14(2)22-13-35-26(34)33(22)25-31-23(15(3)4)30-24(32-25)29-17(6)21-10-8-19(12-28-21)18-7-9-20(27)16(5)11-18/h7-12,14-15,17,22H,13H2,1-6H3,(H,29,30,31,32)/t17-,22+/m0/s1. The number of ether oxygens (including phenoxy) is 1. The quantitative estimate of drug-likeness (QED) is 0.468. The molecule has 0 saturated carbocycles. The highest BCUT2D eigenvalue weighted by molar-refractivity contribution is 5.88. The molecule has 1 aliphatic rings. The molecule has 4 rings (SSSR count). The average Bonchev–Trinajstić information content (AvgIpc) is 3.22. The van der Waals surface area contributed by atoms with Gasteiger partial charge in [-0.2, -0.15) is 15.0 Å². The lowest BCUT2D eigenvalue weighted by Gasteiger charge is -2.23. The van der Waals surface area contributed by atoms with Crippen LogP contribution in [0.5, 0.6) is 0 Å². The summed E-state index contributed by atoms with van der Waals surface area (Å²) in [5.74, 6) is 1.24. The van der Waals surface area contributed by atoms with Crippen molar-refractivity contribution in [1.29, 1.82) is 0 Å². The van der Waals surface area contributed by atoms with Gasteiger partial charge in [0.25, 0.3) is 0 Å². The zero-order valence-electron chi connectivity index (χ0n) is 20.9. The maximum atomic E-state index is 13.6. The molecule has 2 aromatic heterocycles. The maximum Gasteiger partial charge on any atom is 0.417 e. The number of rotatable bonds is 7. The monoisotopic (exact) mass is 478 g/mol. The van der Waals surface area contributed by atoms with Crippen LogP contribution in [0, 0.1) is 18.7 Å². The van der Waals surface area contributed by atoms with Gasteiger partial charge in [-0.05, 0) is 49.1 Å². The van der Waals surface area contributed by atoms with Crippen molar-refractivity contribution in [2.24, 2.45) is 5.92 Å². The number of nitrogens with one attached hydrogen (secondary N) is 1. The SMILES string of the molecule is Cc1cc(-c2ccc([C@H](C)Nc3nc(C(C)C)nc(N4C(=O)OC[C@@H]4C(C)C)n3)nc2)ccc1F. The first kappa shape index (κ1) is 24.5. The van der Waals surface area contributed by atoms with E-state index in [9.17, 15) is 9.18 Å². The summed E-state index contributed by atoms with van der Waals surface area (Å²) in [7, 11) is 0. The molecule has 1 aromatic carbocycles. The molecule has 0 aliphatic carbocycles. The lowest BCUT2D eigenvalue weighted by Crippen LogP contribution is -2.38. The van der Waals surface area contributed by atoms with E-state index < -0.39 is 6.09 Å². The molecule has 0 spiro atoms. The number of hydrogen-bond donors (Lipinski definition) is 1. The van der Waals surface area contributed by atoms with E-state index in [4.69, 9.17) is 4.74 Å². The highest BCUT2D eigenvalue weighted by Gasteiger charge is 2.38. The molecule has 2 atom stereocenters. The molecule has 0 bridgehead atoms. The number of carbonyl (C=O) groups excluding carboxylic acids is 1. The molecule has 0 unspecified atom stereocenters. The number of anilines is 2. The summed E-state index contributed by atoms with van der Waals surface area (Å²) in [6.45, 7) is 12.1. The summed E-state index contributed by atoms with van der Waals surface area (Å²) in [6, 6.07) is 8.55. The van der Waals surface area contributed by atoms with Crippen molar-refractivity contribution in [2.75, 3.05) is 16.8 Å². The van der Waals surface area contributed by atoms with Gasteiger partial charge in [0.1, 0.15) is 18.2 Å². The summed E-state index contributed by atoms with van der Waals surface area (Å²) in [4.78, 5) is 32.3. The average molecular weight is 479 g/mol. The number of cyclic esters (lactones) is 1. The molecule has 8 nitrogen and oxygen atoms in total. The number of aromatic nitrogens is 4. The molecular weight excluding hydrogens is 447 g/mol. The lowest BCUT2D eigenvalue weighted by atomic mass is 10.0. The Labute approximate surface area is 205 Å². The molecule has 184 valence electrons. The van der Waals surface area contributed by atoms with Gasteiger partial charge < -0.3 is 10.1 Å². The van der Waals surface area contributed by atoms with E-state index in [1.807, 2.05) is 46.8 Å². The highest BCUT2D eigenvalue weighted by Crippen LogP contribution is 2.28. The third kappa shape index (κ3) is 5.23. The van der Waals surface area contributed by atoms with Crippen LogP contribution in [0.15, 0.2) is 36.5 Å². The number of benzene rings is 1. The van der Waals surface area contributed by atoms with Crippen molar-refractivity contribution in [1.82, 2.24) is 19.9 Å². The van der Waals surface area contributed by atoms with Gasteiger partial charge in [0.15, 0.2) is 0 Å². The number of halogens is 1. The van der Waals surface area contributed by atoms with Crippen LogP contribution in [0.25, 0.3) is 11.1 Å². The van der Waals surface area contributed by atoms with Gasteiger partial charge in [0, 0.05) is 17.7 Å². The Kier molecular flexibility index (Phi) is 6.95. The van der Waals surface area contributed by atoms with Gasteiger partial charge >= 0.3 is 6.09 Å². The third-order valence-electron chi connectivity index (χ3n) is 6.12. The normalized spacial score (nSPS) is 16.7. The van der Waals surface area contributed by atoms with Crippen LogP contribution in [0.2, 0.25) is 0 Å². The Hall–Kier alpha value is -3.62. The largest absolute Gasteiger partial charge is 0.447 e. The number of hydrogen-bond acceptors (Lipinski definition) is 7. The summed E-state index contributed by atoms with van der Waals surface area (Å²) in [5.41, 5.74) is 3.20. The first-order valence-electron chi connectivity index (χ1n) is 11.8. The summed E-state index contributed by atoms with van der Waals surface area (Å²) in [5, 5.41) is 3.30. The van der Waals surface area contributed by atoms with Gasteiger partial charge in [-0.1, -0.05) is 39.8 Å². The Morgan fingerprint density at radius 2 is 1.80 bits per heavy atom. The molecule has 35 heavy (non-hydrogen) atoms. The minimum Gasteiger partial charge on any atom is -0.447 e. The van der Waals surface area contributed by atoms with Gasteiger partial charge in [-0.25, -0.2) is 14.1 Å². The van der Waals surface area contributed by atoms with Crippen LogP contribution in [0.4, 0.5) is 21.1 Å². The van der Waals surface area contributed by atoms with Crippen LogP contribution < -0.4 is 10.2 Å². The van der Waals surface area contributed by atoms with Crippen LogP contribution in [-0.2, 0) is 4.74 Å². The number of aryl methyl sites for hydroxylation is 1. The van der Waals surface area contributed by atoms with Crippen molar-refractivity contribution in [2.45, 2.75) is 59.5 Å². The van der Waals surface area contributed by atoms with Crippen molar-refractivity contribution in [3.05, 3.63) is 59.4 Å². The molecule has 1 amide bonds. The van der Waals surface area contributed by atoms with Crippen LogP contribution in [0.3, 0.4) is 0 Å². The minimum absolute atomic E-state index is 0.0419. The molecule has 1 fully saturated rings. The first-order valence-corrected chi connectivity index (χ1v) is 11.8. The first-order chi connectivity index (χ1) is 16.6. The van der Waals surface area contributed by atoms with E-state index in [0.717, 1.165) is 16.8 Å². The zero-order chi connectivity index (χ0) is 25.3. The van der Waals surface area contributed by atoms with Crippen molar-refractivity contribution in [3.8, 4) is 11.1 Å². The van der Waals surface area contributed by atoms with E-state index in [0.29, 0.717) is 23.9 Å². The molecular formula is C26H31FN6O2. The number of amides is 1. The molecule has 1 aliphatic heterocycles. The maximum absolute atomic E-state index is 13.6. The fraction of sp³-hybridized carbons (Fsp3) is 0.423. The van der Waals surface area contributed by atoms with Gasteiger partial charge in [-0.15, -0.1) is 0 Å². The second-order valence-corrected chi connectivity index (χ2v) is 9.53. The van der Waals surface area contributed by atoms with Crippen molar-refractivity contribution >= 4 is 18.0 Å². The summed E-state index contributed by atoms with van der Waals surface area (Å²) >= 11 is 0. The van der Waals surface area contributed by atoms with Crippen molar-refractivity contribution < 1.29 is 13.9 Å². The summed E-state index contributed by atoms with van der Waals surface area (Å²) in [6.07, 6.45) is 1.32. The summed E-state index contributed by atoms with van der Waals surface area (Å²) < 4.78 is 18.9. The van der Waals surface area contributed by atoms with E-state index >= 15 is 0 Å². The fourth-order valence-electron chi connectivity index (χ4n) is 3.89. The predicted octanol–water partition coefficient (Wildman–Crippen LogP) is 5.66. The Bertz CT molecular complexity index is 1210. The third-order valence-corrected chi connectivity index (χ3v) is 6.12. The number of pyridine rings is 1. The Morgan fingerprint density at radius 1 is 1.06 bits per heavy atom. The van der Waals surface area contributed by atoms with E-state index in [-0.39, 0.29) is 35.7 Å². The van der Waals surface area contributed by atoms with E-state index in [2.05, 4.69) is 25.3 Å². The zero-order valence-corrected chi connectivity index (χ0v) is 20.9. The highest BCUT2D eigenvalue weighted by atomic mass is 19.1. The molecule has 3 heterocycles. The predicted molar refractivity (Wildman–Crippen MR) is 133 cm³/mol. The van der Waals surface area contributed by atoms with Gasteiger partial charge in [-0.3, -0.25) is 4.98 Å². The van der Waals surface area contributed by atoms with Crippen molar-refractivity contribution in [3.63, 3.8) is 0 Å².